The van der Waals surface area contributed by atoms with Gasteiger partial charge in [-0.1, -0.05) is 13.8 Å². The van der Waals surface area contributed by atoms with Gasteiger partial charge in [-0.2, -0.15) is 0 Å². The minimum absolute atomic E-state index is 0.211. The topological polar surface area (TPSA) is 55.4 Å². The van der Waals surface area contributed by atoms with Gasteiger partial charge in [0, 0.05) is 4.88 Å². The van der Waals surface area contributed by atoms with Crippen LogP contribution in [0.5, 0.6) is 0 Å². The number of rotatable bonds is 5. The van der Waals surface area contributed by atoms with Crippen molar-refractivity contribution in [3.8, 4) is 0 Å². The molecule has 4 nitrogen and oxygen atoms in total. The molecular formula is C14H21NO3S. The van der Waals surface area contributed by atoms with Crippen LogP contribution in [0.2, 0.25) is 0 Å². The fourth-order valence-corrected chi connectivity index (χ4v) is 2.68. The third-order valence-corrected chi connectivity index (χ3v) is 4.04. The highest BCUT2D eigenvalue weighted by molar-refractivity contribution is 7.14. The summed E-state index contributed by atoms with van der Waals surface area (Å²) in [7, 11) is 1.33. The molecule has 0 bridgehead atoms. The Hall–Kier alpha value is -1.36. The number of carbonyl (C=O) groups excluding carboxylic acids is 2. The maximum atomic E-state index is 12.1. The maximum Gasteiger partial charge on any atom is 0.328 e. The predicted octanol–water partition coefficient (Wildman–Crippen LogP) is 2.68. The molecule has 0 aliphatic heterocycles. The molecule has 0 fully saturated rings. The van der Waals surface area contributed by atoms with Crippen LogP contribution in [0, 0.1) is 19.8 Å². The van der Waals surface area contributed by atoms with Crippen LogP contribution in [0.1, 0.15) is 40.4 Å². The quantitative estimate of drug-likeness (QED) is 0.845. The summed E-state index contributed by atoms with van der Waals surface area (Å²) in [6.45, 7) is 7.94. The van der Waals surface area contributed by atoms with E-state index in [9.17, 15) is 9.59 Å². The van der Waals surface area contributed by atoms with E-state index < -0.39 is 12.0 Å². The SMILES string of the molecule is COC(=O)C(CC(C)C)NC(=O)c1cc(C)c(C)s1. The lowest BCUT2D eigenvalue weighted by Gasteiger charge is -2.17. The molecule has 1 rings (SSSR count). The summed E-state index contributed by atoms with van der Waals surface area (Å²) in [5.74, 6) is -0.305. The number of nitrogens with one attached hydrogen (secondary N) is 1. The lowest BCUT2D eigenvalue weighted by atomic mass is 10.0. The van der Waals surface area contributed by atoms with E-state index in [2.05, 4.69) is 5.32 Å². The third-order valence-electron chi connectivity index (χ3n) is 2.89. The van der Waals surface area contributed by atoms with Crippen LogP contribution < -0.4 is 5.32 Å². The predicted molar refractivity (Wildman–Crippen MR) is 76.5 cm³/mol. The van der Waals surface area contributed by atoms with Crippen molar-refractivity contribution in [1.29, 1.82) is 0 Å². The lowest BCUT2D eigenvalue weighted by Crippen LogP contribution is -2.42. The summed E-state index contributed by atoms with van der Waals surface area (Å²) in [4.78, 5) is 25.5. The van der Waals surface area contributed by atoms with Gasteiger partial charge in [0.05, 0.1) is 12.0 Å². The zero-order valence-electron chi connectivity index (χ0n) is 12.1. The van der Waals surface area contributed by atoms with Crippen LogP contribution in [-0.2, 0) is 9.53 Å². The summed E-state index contributed by atoms with van der Waals surface area (Å²) in [6, 6.07) is 1.26. The number of methoxy groups -OCH3 is 1. The van der Waals surface area contributed by atoms with Crippen LogP contribution in [-0.4, -0.2) is 25.0 Å². The monoisotopic (exact) mass is 283 g/mol. The normalized spacial score (nSPS) is 12.3. The first kappa shape index (κ1) is 15.7. The average molecular weight is 283 g/mol. The molecule has 0 spiro atoms. The van der Waals surface area contributed by atoms with Gasteiger partial charge < -0.3 is 10.1 Å². The standard InChI is InChI=1S/C14H21NO3S/c1-8(2)6-11(14(17)18-5)15-13(16)12-7-9(3)10(4)19-12/h7-8,11H,6H2,1-5H3,(H,15,16). The molecule has 1 aromatic rings. The van der Waals surface area contributed by atoms with E-state index in [1.54, 1.807) is 0 Å². The smallest absolute Gasteiger partial charge is 0.328 e. The van der Waals surface area contributed by atoms with E-state index in [0.29, 0.717) is 17.2 Å². The van der Waals surface area contributed by atoms with E-state index in [-0.39, 0.29) is 5.91 Å². The first-order valence-electron chi connectivity index (χ1n) is 6.30. The summed E-state index contributed by atoms with van der Waals surface area (Å²) >= 11 is 1.44. The summed E-state index contributed by atoms with van der Waals surface area (Å²) < 4.78 is 4.73. The largest absolute Gasteiger partial charge is 0.467 e. The molecule has 1 aromatic heterocycles. The molecule has 0 saturated carbocycles. The Morgan fingerprint density at radius 3 is 2.42 bits per heavy atom. The van der Waals surface area contributed by atoms with Gasteiger partial charge >= 0.3 is 5.97 Å². The molecule has 0 aliphatic carbocycles. The minimum atomic E-state index is -0.583. The van der Waals surface area contributed by atoms with Crippen LogP contribution in [0.25, 0.3) is 0 Å². The summed E-state index contributed by atoms with van der Waals surface area (Å²) in [5.41, 5.74) is 1.09. The second-order valence-electron chi connectivity index (χ2n) is 5.03. The van der Waals surface area contributed by atoms with Gasteiger partial charge in [0.2, 0.25) is 0 Å². The number of amides is 1. The second kappa shape index (κ2) is 6.70. The van der Waals surface area contributed by atoms with Crippen LogP contribution in [0.3, 0.4) is 0 Å². The molecule has 1 unspecified atom stereocenters. The fraction of sp³-hybridized carbons (Fsp3) is 0.571. The van der Waals surface area contributed by atoms with Gasteiger partial charge in [-0.3, -0.25) is 4.79 Å². The highest BCUT2D eigenvalue weighted by Gasteiger charge is 2.23. The molecule has 1 N–H and O–H groups in total. The summed E-state index contributed by atoms with van der Waals surface area (Å²) in [6.07, 6.45) is 0.571. The lowest BCUT2D eigenvalue weighted by molar-refractivity contribution is -0.143. The molecule has 0 saturated heterocycles. The molecule has 1 atom stereocenters. The Kier molecular flexibility index (Phi) is 5.54. The molecule has 1 amide bonds. The molecule has 19 heavy (non-hydrogen) atoms. The van der Waals surface area contributed by atoms with E-state index >= 15 is 0 Å². The highest BCUT2D eigenvalue weighted by atomic mass is 32.1. The molecule has 0 aromatic carbocycles. The number of esters is 1. The van der Waals surface area contributed by atoms with Crippen molar-refractivity contribution in [2.24, 2.45) is 5.92 Å². The first-order valence-corrected chi connectivity index (χ1v) is 7.12. The number of aryl methyl sites for hydroxylation is 2. The fourth-order valence-electron chi connectivity index (χ4n) is 1.74. The van der Waals surface area contributed by atoms with Crippen molar-refractivity contribution < 1.29 is 14.3 Å². The van der Waals surface area contributed by atoms with Gasteiger partial charge in [-0.25, -0.2) is 4.79 Å². The van der Waals surface area contributed by atoms with Crippen molar-refractivity contribution in [2.45, 2.75) is 40.2 Å². The number of ether oxygens (including phenoxy) is 1. The number of hydrogen-bond donors (Lipinski definition) is 1. The minimum Gasteiger partial charge on any atom is -0.467 e. The van der Waals surface area contributed by atoms with Crippen molar-refractivity contribution in [2.75, 3.05) is 7.11 Å². The van der Waals surface area contributed by atoms with Gasteiger partial charge in [-0.15, -0.1) is 11.3 Å². The first-order chi connectivity index (χ1) is 8.85. The molecule has 0 aliphatic rings. The highest BCUT2D eigenvalue weighted by Crippen LogP contribution is 2.20. The van der Waals surface area contributed by atoms with E-state index in [0.717, 1.165) is 10.4 Å². The van der Waals surface area contributed by atoms with E-state index in [1.165, 1.54) is 18.4 Å². The van der Waals surface area contributed by atoms with Crippen LogP contribution >= 0.6 is 11.3 Å². The Labute approximate surface area is 118 Å². The van der Waals surface area contributed by atoms with Gasteiger partial charge in [-0.05, 0) is 37.8 Å². The number of thiophene rings is 1. The Bertz CT molecular complexity index is 446. The second-order valence-corrected chi connectivity index (χ2v) is 6.28. The number of hydrogen-bond acceptors (Lipinski definition) is 4. The Balaban J connectivity index is 2.78. The van der Waals surface area contributed by atoms with Gasteiger partial charge in [0.25, 0.3) is 5.91 Å². The molecule has 5 heteroatoms. The number of carbonyl (C=O) groups is 2. The van der Waals surface area contributed by atoms with Crippen molar-refractivity contribution in [3.05, 3.63) is 21.4 Å². The zero-order chi connectivity index (χ0) is 14.6. The van der Waals surface area contributed by atoms with Crippen molar-refractivity contribution in [3.63, 3.8) is 0 Å². The van der Waals surface area contributed by atoms with Crippen molar-refractivity contribution >= 4 is 23.2 Å². The Morgan fingerprint density at radius 1 is 1.37 bits per heavy atom. The molecular weight excluding hydrogens is 262 g/mol. The maximum absolute atomic E-state index is 12.1. The van der Waals surface area contributed by atoms with Gasteiger partial charge in [0.15, 0.2) is 0 Å². The molecule has 1 heterocycles. The van der Waals surface area contributed by atoms with E-state index in [4.69, 9.17) is 4.74 Å². The van der Waals surface area contributed by atoms with Crippen LogP contribution in [0.15, 0.2) is 6.07 Å². The zero-order valence-corrected chi connectivity index (χ0v) is 12.9. The Morgan fingerprint density at radius 2 is 2.00 bits per heavy atom. The van der Waals surface area contributed by atoms with Crippen LogP contribution in [0.4, 0.5) is 0 Å². The third kappa shape index (κ3) is 4.35. The molecule has 106 valence electrons. The van der Waals surface area contributed by atoms with E-state index in [1.807, 2.05) is 33.8 Å². The van der Waals surface area contributed by atoms with Gasteiger partial charge in [0.1, 0.15) is 6.04 Å². The van der Waals surface area contributed by atoms with Crippen molar-refractivity contribution in [1.82, 2.24) is 5.32 Å². The summed E-state index contributed by atoms with van der Waals surface area (Å²) in [5, 5.41) is 2.75. The average Bonchev–Trinajstić information content (AvgIpc) is 2.67. The molecule has 0 radical (unpaired) electrons.